The molecule has 0 bridgehead atoms. The molecular weight excluding hydrogens is 480 g/mol. The average Bonchev–Trinajstić information content (AvgIpc) is 3.68. The first-order valence-corrected chi connectivity index (χ1v) is 13.8. The summed E-state index contributed by atoms with van der Waals surface area (Å²) in [5.41, 5.74) is 2.82. The lowest BCUT2D eigenvalue weighted by Gasteiger charge is -2.29. The minimum atomic E-state index is -3.28. The third-order valence-electron chi connectivity index (χ3n) is 7.13. The molecule has 1 fully saturated rings. The number of amides is 1. The van der Waals surface area contributed by atoms with Gasteiger partial charge in [0.15, 0.2) is 5.82 Å². The molecule has 0 saturated heterocycles. The van der Waals surface area contributed by atoms with E-state index in [1.807, 2.05) is 18.2 Å². The number of rotatable bonds is 6. The van der Waals surface area contributed by atoms with Gasteiger partial charge in [-0.2, -0.15) is 4.31 Å². The maximum Gasteiger partial charge on any atom is 0.260 e. The Labute approximate surface area is 209 Å². The molecule has 6 rings (SSSR count). The molecule has 11 heteroatoms. The van der Waals surface area contributed by atoms with Crippen LogP contribution in [-0.4, -0.2) is 57.3 Å². The van der Waals surface area contributed by atoms with E-state index in [9.17, 15) is 13.2 Å². The smallest absolute Gasteiger partial charge is 0.260 e. The van der Waals surface area contributed by atoms with Gasteiger partial charge in [0.25, 0.3) is 5.91 Å². The molecule has 1 N–H and O–H groups in total. The van der Waals surface area contributed by atoms with Crippen molar-refractivity contribution in [1.29, 1.82) is 0 Å². The fourth-order valence-electron chi connectivity index (χ4n) is 5.01. The molecule has 0 spiro atoms. The molecule has 1 aromatic carbocycles. The lowest BCUT2D eigenvalue weighted by molar-refractivity contribution is 0.102. The Morgan fingerprint density at radius 1 is 1.08 bits per heavy atom. The van der Waals surface area contributed by atoms with E-state index in [-0.39, 0.29) is 17.7 Å². The molecule has 3 aliphatic rings. The predicted octanol–water partition coefficient (Wildman–Crippen LogP) is 2.79. The number of hydrogen-bond donors (Lipinski definition) is 1. The lowest BCUT2D eigenvalue weighted by atomic mass is 9.97. The largest absolute Gasteiger partial charge is 0.496 e. The van der Waals surface area contributed by atoms with Crippen LogP contribution in [0.3, 0.4) is 0 Å². The SMILES string of the molecule is COc1cc2c(cc1C(=O)Nc1cccc(-c3nnc4n3CCCC4)n1)CN(S(=O)(=O)C1CC1)CC2. The molecule has 36 heavy (non-hydrogen) atoms. The number of aryl methyl sites for hydroxylation is 1. The maximum atomic E-state index is 13.3. The number of sulfonamides is 1. The van der Waals surface area contributed by atoms with Gasteiger partial charge >= 0.3 is 0 Å². The van der Waals surface area contributed by atoms with E-state index in [4.69, 9.17) is 4.74 Å². The molecule has 1 amide bonds. The van der Waals surface area contributed by atoms with Crippen molar-refractivity contribution in [3.63, 3.8) is 0 Å². The normalized spacial score (nSPS) is 17.8. The van der Waals surface area contributed by atoms with Crippen LogP contribution in [0.1, 0.15) is 53.0 Å². The first kappa shape index (κ1) is 23.1. The first-order chi connectivity index (χ1) is 17.4. The van der Waals surface area contributed by atoms with Gasteiger partial charge in [-0.3, -0.25) is 4.79 Å². The van der Waals surface area contributed by atoms with Gasteiger partial charge in [0, 0.05) is 26.1 Å². The minimum Gasteiger partial charge on any atom is -0.496 e. The Kier molecular flexibility index (Phi) is 5.76. The fourth-order valence-corrected chi connectivity index (χ4v) is 6.83. The number of ether oxygens (including phenoxy) is 1. The van der Waals surface area contributed by atoms with Crippen LogP contribution >= 0.6 is 0 Å². The van der Waals surface area contributed by atoms with Crippen molar-refractivity contribution in [3.05, 3.63) is 52.8 Å². The van der Waals surface area contributed by atoms with E-state index in [1.165, 1.54) is 7.11 Å². The number of carbonyl (C=O) groups excluding carboxylic acids is 1. The van der Waals surface area contributed by atoms with Crippen LogP contribution in [0, 0.1) is 0 Å². The number of aromatic nitrogens is 4. The Morgan fingerprint density at radius 3 is 2.75 bits per heavy atom. The number of pyridine rings is 1. The van der Waals surface area contributed by atoms with Gasteiger partial charge in [-0.05, 0) is 67.5 Å². The molecule has 4 heterocycles. The molecule has 1 saturated carbocycles. The van der Waals surface area contributed by atoms with Gasteiger partial charge in [-0.1, -0.05) is 6.07 Å². The Balaban J connectivity index is 1.26. The van der Waals surface area contributed by atoms with Crippen LogP contribution in [0.5, 0.6) is 5.75 Å². The second kappa shape index (κ2) is 8.97. The molecule has 2 aromatic heterocycles. The summed E-state index contributed by atoms with van der Waals surface area (Å²) in [5, 5.41) is 11.2. The highest BCUT2D eigenvalue weighted by Crippen LogP contribution is 2.35. The molecule has 1 aliphatic carbocycles. The third kappa shape index (κ3) is 4.16. The van der Waals surface area contributed by atoms with Gasteiger partial charge in [0.2, 0.25) is 10.0 Å². The summed E-state index contributed by atoms with van der Waals surface area (Å²) in [6.07, 6.45) is 5.13. The summed E-state index contributed by atoms with van der Waals surface area (Å²) < 4.78 is 34.7. The first-order valence-electron chi connectivity index (χ1n) is 12.3. The van der Waals surface area contributed by atoms with E-state index in [1.54, 1.807) is 16.4 Å². The van der Waals surface area contributed by atoms with Crippen LogP contribution in [0.25, 0.3) is 11.5 Å². The maximum absolute atomic E-state index is 13.3. The highest BCUT2D eigenvalue weighted by atomic mass is 32.2. The van der Waals surface area contributed by atoms with Crippen molar-refractivity contribution < 1.29 is 17.9 Å². The lowest BCUT2D eigenvalue weighted by Crippen LogP contribution is -2.38. The fraction of sp³-hybridized carbons (Fsp3) is 0.440. The number of fused-ring (bicyclic) bond motifs is 2. The van der Waals surface area contributed by atoms with Gasteiger partial charge in [-0.25, -0.2) is 13.4 Å². The quantitative estimate of drug-likeness (QED) is 0.544. The molecule has 188 valence electrons. The minimum absolute atomic E-state index is 0.255. The number of nitrogens with one attached hydrogen (secondary N) is 1. The molecule has 2 aliphatic heterocycles. The number of benzene rings is 1. The monoisotopic (exact) mass is 508 g/mol. The van der Waals surface area contributed by atoms with Crippen molar-refractivity contribution in [2.45, 2.75) is 56.9 Å². The van der Waals surface area contributed by atoms with Crippen molar-refractivity contribution in [3.8, 4) is 17.3 Å². The van der Waals surface area contributed by atoms with E-state index in [2.05, 4.69) is 25.1 Å². The molecule has 10 nitrogen and oxygen atoms in total. The third-order valence-corrected chi connectivity index (χ3v) is 9.47. The van der Waals surface area contributed by atoms with Crippen LogP contribution in [0.15, 0.2) is 30.3 Å². The highest BCUT2D eigenvalue weighted by Gasteiger charge is 2.41. The second-order valence-corrected chi connectivity index (χ2v) is 11.8. The van der Waals surface area contributed by atoms with Crippen molar-refractivity contribution >= 4 is 21.7 Å². The zero-order valence-electron chi connectivity index (χ0n) is 20.1. The van der Waals surface area contributed by atoms with Crippen LogP contribution in [0.4, 0.5) is 5.82 Å². The standard InChI is InChI=1S/C25H28N6O4S/c1-35-21-14-16-10-12-30(36(33,34)18-8-9-18)15-17(16)13-19(21)25(32)27-22-6-4-5-20(26-22)24-29-28-23-7-2-3-11-31(23)24/h4-6,13-14,18H,2-3,7-12,15H2,1H3,(H,26,27,32). The van der Waals surface area contributed by atoms with Crippen LogP contribution in [-0.2, 0) is 36.0 Å². The van der Waals surface area contributed by atoms with E-state index >= 15 is 0 Å². The van der Waals surface area contributed by atoms with Gasteiger partial charge in [-0.15, -0.1) is 10.2 Å². The van der Waals surface area contributed by atoms with Gasteiger partial charge in [0.1, 0.15) is 23.1 Å². The average molecular weight is 509 g/mol. The van der Waals surface area contributed by atoms with Crippen molar-refractivity contribution in [2.24, 2.45) is 0 Å². The Hall–Kier alpha value is -3.31. The summed E-state index contributed by atoms with van der Waals surface area (Å²) in [6, 6.07) is 9.00. The Bertz CT molecular complexity index is 1450. The molecule has 0 radical (unpaired) electrons. The zero-order valence-corrected chi connectivity index (χ0v) is 20.9. The number of methoxy groups -OCH3 is 1. The summed E-state index contributed by atoms with van der Waals surface area (Å²) in [4.78, 5) is 17.9. The highest BCUT2D eigenvalue weighted by molar-refractivity contribution is 7.90. The number of nitrogens with zero attached hydrogens (tertiary/aromatic N) is 5. The van der Waals surface area contributed by atoms with Gasteiger partial charge in [0.05, 0.1) is 17.9 Å². The Morgan fingerprint density at radius 2 is 1.94 bits per heavy atom. The summed E-state index contributed by atoms with van der Waals surface area (Å²) in [6.45, 7) is 1.57. The van der Waals surface area contributed by atoms with Gasteiger partial charge < -0.3 is 14.6 Å². The van der Waals surface area contributed by atoms with Crippen LogP contribution < -0.4 is 10.1 Å². The molecular formula is C25H28N6O4S. The number of anilines is 1. The van der Waals surface area contributed by atoms with E-state index in [0.29, 0.717) is 41.6 Å². The molecule has 0 unspecified atom stereocenters. The van der Waals surface area contributed by atoms with Crippen molar-refractivity contribution in [1.82, 2.24) is 24.1 Å². The molecule has 3 aromatic rings. The number of carbonyl (C=O) groups is 1. The number of hydrogen-bond acceptors (Lipinski definition) is 7. The zero-order chi connectivity index (χ0) is 24.9. The van der Waals surface area contributed by atoms with E-state index < -0.39 is 10.0 Å². The van der Waals surface area contributed by atoms with Crippen LogP contribution in [0.2, 0.25) is 0 Å². The summed E-state index contributed by atoms with van der Waals surface area (Å²) in [5.74, 6) is 2.13. The summed E-state index contributed by atoms with van der Waals surface area (Å²) >= 11 is 0. The van der Waals surface area contributed by atoms with Crippen molar-refractivity contribution in [2.75, 3.05) is 19.0 Å². The molecule has 0 atom stereocenters. The van der Waals surface area contributed by atoms with E-state index in [0.717, 1.165) is 55.6 Å². The predicted molar refractivity (Wildman–Crippen MR) is 133 cm³/mol. The topological polar surface area (TPSA) is 119 Å². The second-order valence-electron chi connectivity index (χ2n) is 9.56. The summed E-state index contributed by atoms with van der Waals surface area (Å²) in [7, 11) is -1.76.